The predicted molar refractivity (Wildman–Crippen MR) is 125 cm³/mol. The molecular weight excluding hydrogens is 412 g/mol. The first-order valence-corrected chi connectivity index (χ1v) is 11.3. The van der Waals surface area contributed by atoms with Crippen molar-refractivity contribution in [3.63, 3.8) is 0 Å². The van der Waals surface area contributed by atoms with E-state index in [4.69, 9.17) is 21.3 Å². The summed E-state index contributed by atoms with van der Waals surface area (Å²) in [7, 11) is 0. The van der Waals surface area contributed by atoms with Crippen LogP contribution in [-0.2, 0) is 17.9 Å². The number of fused-ring (bicyclic) bond motifs is 1. The van der Waals surface area contributed by atoms with Crippen LogP contribution in [-0.4, -0.2) is 40.1 Å². The molecule has 0 saturated carbocycles. The number of imidazole rings is 1. The Hall–Kier alpha value is -2.57. The van der Waals surface area contributed by atoms with Crippen molar-refractivity contribution in [2.75, 3.05) is 25.0 Å². The van der Waals surface area contributed by atoms with Crippen LogP contribution in [0.15, 0.2) is 42.5 Å². The summed E-state index contributed by atoms with van der Waals surface area (Å²) in [5.41, 5.74) is 2.69. The summed E-state index contributed by atoms with van der Waals surface area (Å²) < 4.78 is 7.79. The molecule has 0 bridgehead atoms. The summed E-state index contributed by atoms with van der Waals surface area (Å²) in [6.45, 7) is 8.35. The number of nitrogens with zero attached hydrogens (tertiary/aromatic N) is 3. The average Bonchev–Trinajstić information content (AvgIpc) is 3.11. The number of para-hydroxylation sites is 1. The molecule has 1 saturated heterocycles. The average molecular weight is 441 g/mol. The fourth-order valence-corrected chi connectivity index (χ4v) is 4.24. The van der Waals surface area contributed by atoms with Gasteiger partial charge in [-0.2, -0.15) is 0 Å². The van der Waals surface area contributed by atoms with Crippen molar-refractivity contribution in [2.45, 2.75) is 39.8 Å². The second-order valence-electron chi connectivity index (χ2n) is 8.20. The minimum absolute atomic E-state index is 0.107. The zero-order valence-electron chi connectivity index (χ0n) is 18.1. The van der Waals surface area contributed by atoms with Crippen LogP contribution in [0.2, 0.25) is 5.02 Å². The quantitative estimate of drug-likeness (QED) is 0.564. The Morgan fingerprint density at radius 1 is 1.23 bits per heavy atom. The van der Waals surface area contributed by atoms with E-state index in [-0.39, 0.29) is 12.5 Å². The number of nitrogens with one attached hydrogen (secondary N) is 1. The van der Waals surface area contributed by atoms with Crippen LogP contribution in [0.25, 0.3) is 11.0 Å². The molecule has 3 aromatic rings. The number of likely N-dealkylation sites (tertiary alicyclic amines) is 1. The van der Waals surface area contributed by atoms with Crippen LogP contribution >= 0.6 is 11.6 Å². The number of hydrogen-bond donors (Lipinski definition) is 1. The SMILES string of the molecule is CCn1c(CN2CCC(C)CC2)nc2cc(NC(=O)COc3ccccc3Cl)ccc21. The van der Waals surface area contributed by atoms with Crippen molar-refractivity contribution in [3.8, 4) is 5.75 Å². The molecule has 0 aliphatic carbocycles. The van der Waals surface area contributed by atoms with Gasteiger partial charge in [0.15, 0.2) is 6.61 Å². The van der Waals surface area contributed by atoms with Crippen LogP contribution < -0.4 is 10.1 Å². The summed E-state index contributed by atoms with van der Waals surface area (Å²) in [6, 6.07) is 13.0. The second kappa shape index (κ2) is 9.71. The van der Waals surface area contributed by atoms with Crippen LogP contribution in [0, 0.1) is 5.92 Å². The summed E-state index contributed by atoms with van der Waals surface area (Å²) >= 11 is 6.07. The van der Waals surface area contributed by atoms with Crippen LogP contribution in [0.5, 0.6) is 5.75 Å². The maximum Gasteiger partial charge on any atom is 0.262 e. The van der Waals surface area contributed by atoms with Crippen LogP contribution in [0.4, 0.5) is 5.69 Å². The lowest BCUT2D eigenvalue weighted by Crippen LogP contribution is -2.33. The number of hydrogen-bond acceptors (Lipinski definition) is 4. The van der Waals surface area contributed by atoms with Gasteiger partial charge >= 0.3 is 0 Å². The number of anilines is 1. The van der Waals surface area contributed by atoms with Crippen molar-refractivity contribution in [3.05, 3.63) is 53.3 Å². The lowest BCUT2D eigenvalue weighted by atomic mass is 9.99. The molecule has 0 spiro atoms. The minimum Gasteiger partial charge on any atom is -0.482 e. The van der Waals surface area contributed by atoms with Crippen molar-refractivity contribution in [1.82, 2.24) is 14.5 Å². The summed E-state index contributed by atoms with van der Waals surface area (Å²) in [4.78, 5) is 19.7. The van der Waals surface area contributed by atoms with Gasteiger partial charge in [-0.15, -0.1) is 0 Å². The summed E-state index contributed by atoms with van der Waals surface area (Å²) in [6.07, 6.45) is 2.50. The summed E-state index contributed by atoms with van der Waals surface area (Å²) in [5, 5.41) is 3.37. The summed E-state index contributed by atoms with van der Waals surface area (Å²) in [5.74, 6) is 2.15. The van der Waals surface area contributed by atoms with Gasteiger partial charge in [-0.25, -0.2) is 4.98 Å². The van der Waals surface area contributed by atoms with Gasteiger partial charge in [-0.1, -0.05) is 30.7 Å². The highest BCUT2D eigenvalue weighted by Crippen LogP contribution is 2.25. The Balaban J connectivity index is 1.43. The van der Waals surface area contributed by atoms with Crippen molar-refractivity contribution in [1.29, 1.82) is 0 Å². The number of carbonyl (C=O) groups is 1. The Labute approximate surface area is 188 Å². The number of piperidine rings is 1. The number of carbonyl (C=O) groups excluding carboxylic acids is 1. The Morgan fingerprint density at radius 2 is 2.00 bits per heavy atom. The fraction of sp³-hybridized carbons (Fsp3) is 0.417. The monoisotopic (exact) mass is 440 g/mol. The van der Waals surface area contributed by atoms with Gasteiger partial charge in [0.25, 0.3) is 5.91 Å². The first-order chi connectivity index (χ1) is 15.0. The molecule has 1 aliphatic heterocycles. The van der Waals surface area contributed by atoms with Gasteiger partial charge in [0.1, 0.15) is 11.6 Å². The van der Waals surface area contributed by atoms with E-state index in [9.17, 15) is 4.79 Å². The lowest BCUT2D eigenvalue weighted by molar-refractivity contribution is -0.118. The fourth-order valence-electron chi connectivity index (χ4n) is 4.05. The minimum atomic E-state index is -0.239. The first kappa shape index (κ1) is 21.7. The Bertz CT molecular complexity index is 1060. The highest BCUT2D eigenvalue weighted by Gasteiger charge is 2.19. The third-order valence-electron chi connectivity index (χ3n) is 5.86. The molecule has 7 heteroatoms. The van der Waals surface area contributed by atoms with Crippen molar-refractivity contribution >= 4 is 34.2 Å². The molecule has 6 nitrogen and oxygen atoms in total. The second-order valence-corrected chi connectivity index (χ2v) is 8.61. The van der Waals surface area contributed by atoms with E-state index in [1.54, 1.807) is 12.1 Å². The Kier molecular flexibility index (Phi) is 6.78. The highest BCUT2D eigenvalue weighted by atomic mass is 35.5. The smallest absolute Gasteiger partial charge is 0.262 e. The zero-order chi connectivity index (χ0) is 21.8. The van der Waals surface area contributed by atoms with Gasteiger partial charge in [0.2, 0.25) is 0 Å². The number of aryl methyl sites for hydroxylation is 1. The molecule has 1 aromatic heterocycles. The van der Waals surface area contributed by atoms with E-state index in [0.29, 0.717) is 16.5 Å². The molecule has 4 rings (SSSR count). The van der Waals surface area contributed by atoms with E-state index in [0.717, 1.165) is 49.0 Å². The molecule has 1 N–H and O–H groups in total. The molecule has 0 radical (unpaired) electrons. The van der Waals surface area contributed by atoms with E-state index in [2.05, 4.69) is 28.6 Å². The van der Waals surface area contributed by atoms with Gasteiger partial charge < -0.3 is 14.6 Å². The number of aromatic nitrogens is 2. The lowest BCUT2D eigenvalue weighted by Gasteiger charge is -2.29. The molecular formula is C24H29ClN4O2. The van der Waals surface area contributed by atoms with Gasteiger partial charge in [0.05, 0.1) is 22.6 Å². The Morgan fingerprint density at radius 3 is 2.74 bits per heavy atom. The topological polar surface area (TPSA) is 59.4 Å². The van der Waals surface area contributed by atoms with E-state index < -0.39 is 0 Å². The van der Waals surface area contributed by atoms with Crippen LogP contribution in [0.1, 0.15) is 32.5 Å². The third kappa shape index (κ3) is 5.20. The molecule has 31 heavy (non-hydrogen) atoms. The molecule has 1 fully saturated rings. The first-order valence-electron chi connectivity index (χ1n) is 10.9. The maximum absolute atomic E-state index is 12.3. The predicted octanol–water partition coefficient (Wildman–Crippen LogP) is 4.96. The molecule has 2 heterocycles. The number of halogens is 1. The number of rotatable bonds is 7. The maximum atomic E-state index is 12.3. The van der Waals surface area contributed by atoms with E-state index in [1.165, 1.54) is 12.8 Å². The van der Waals surface area contributed by atoms with Crippen molar-refractivity contribution < 1.29 is 9.53 Å². The van der Waals surface area contributed by atoms with Gasteiger partial charge in [-0.05, 0) is 69.1 Å². The number of ether oxygens (including phenoxy) is 1. The van der Waals surface area contributed by atoms with Gasteiger partial charge in [-0.3, -0.25) is 9.69 Å². The number of amides is 1. The number of benzene rings is 2. The van der Waals surface area contributed by atoms with E-state index in [1.807, 2.05) is 30.3 Å². The van der Waals surface area contributed by atoms with Gasteiger partial charge in [0, 0.05) is 12.2 Å². The third-order valence-corrected chi connectivity index (χ3v) is 6.18. The zero-order valence-corrected chi connectivity index (χ0v) is 18.9. The standard InChI is InChI=1S/C24H29ClN4O2/c1-3-29-21-9-8-18(26-24(30)16-31-22-7-5-4-6-19(22)25)14-20(21)27-23(29)15-28-12-10-17(2)11-13-28/h4-9,14,17H,3,10-13,15-16H2,1-2H3,(H,26,30). The van der Waals surface area contributed by atoms with E-state index >= 15 is 0 Å². The van der Waals surface area contributed by atoms with Crippen LogP contribution in [0.3, 0.4) is 0 Å². The molecule has 2 aromatic carbocycles. The molecule has 1 aliphatic rings. The molecule has 164 valence electrons. The van der Waals surface area contributed by atoms with Crippen molar-refractivity contribution in [2.24, 2.45) is 5.92 Å². The molecule has 0 atom stereocenters. The highest BCUT2D eigenvalue weighted by molar-refractivity contribution is 6.32. The molecule has 0 unspecified atom stereocenters. The normalized spacial score (nSPS) is 15.3. The largest absolute Gasteiger partial charge is 0.482 e. The molecule has 1 amide bonds.